The van der Waals surface area contributed by atoms with Crippen molar-refractivity contribution in [3.63, 3.8) is 0 Å². The van der Waals surface area contributed by atoms with Crippen LogP contribution in [0.2, 0.25) is 0 Å². The van der Waals surface area contributed by atoms with Crippen molar-refractivity contribution in [1.82, 2.24) is 25.5 Å². The summed E-state index contributed by atoms with van der Waals surface area (Å²) in [5.41, 5.74) is 0.818. The number of hydrogen-bond donors (Lipinski definition) is 1. The third kappa shape index (κ3) is 5.50. The fraction of sp³-hybridized carbons (Fsp3) is 0.400. The van der Waals surface area contributed by atoms with Crippen LogP contribution in [0.25, 0.3) is 11.4 Å². The van der Waals surface area contributed by atoms with E-state index in [2.05, 4.69) is 20.7 Å². The molecule has 0 saturated heterocycles. The highest BCUT2D eigenvalue weighted by atomic mass is 16.5. The Hall–Kier alpha value is -2.77. The van der Waals surface area contributed by atoms with E-state index in [1.165, 1.54) is 4.80 Å². The van der Waals surface area contributed by atoms with E-state index in [0.29, 0.717) is 12.4 Å². The Morgan fingerprint density at radius 2 is 2.04 bits per heavy atom. The lowest BCUT2D eigenvalue weighted by Gasteiger charge is -2.05. The van der Waals surface area contributed by atoms with E-state index in [4.69, 9.17) is 4.74 Å². The van der Waals surface area contributed by atoms with Crippen molar-refractivity contribution in [1.29, 1.82) is 0 Å². The van der Waals surface area contributed by atoms with Gasteiger partial charge in [-0.05, 0) is 11.6 Å². The number of amides is 1. The van der Waals surface area contributed by atoms with E-state index < -0.39 is 5.97 Å². The second kappa shape index (κ2) is 8.62. The van der Waals surface area contributed by atoms with Gasteiger partial charge in [0.2, 0.25) is 11.7 Å². The summed E-state index contributed by atoms with van der Waals surface area (Å²) < 4.78 is 4.94. The van der Waals surface area contributed by atoms with Crippen LogP contribution in [0.1, 0.15) is 19.8 Å². The molecule has 8 heteroatoms. The van der Waals surface area contributed by atoms with Crippen molar-refractivity contribution in [2.24, 2.45) is 0 Å². The summed E-state index contributed by atoms with van der Waals surface area (Å²) in [4.78, 5) is 24.3. The quantitative estimate of drug-likeness (QED) is 0.571. The topological polar surface area (TPSA) is 99.0 Å². The lowest BCUT2D eigenvalue weighted by atomic mass is 10.2. The van der Waals surface area contributed by atoms with Crippen LogP contribution in [0.15, 0.2) is 30.3 Å². The third-order valence-electron chi connectivity index (χ3n) is 2.96. The Labute approximate surface area is 133 Å². The van der Waals surface area contributed by atoms with Gasteiger partial charge in [-0.25, -0.2) is 0 Å². The first-order chi connectivity index (χ1) is 11.2. The smallest absolute Gasteiger partial charge is 0.325 e. The molecule has 0 spiro atoms. The lowest BCUT2D eigenvalue weighted by Crippen LogP contribution is -2.33. The number of aromatic nitrogens is 4. The largest absolute Gasteiger partial charge is 0.464 e. The highest BCUT2D eigenvalue weighted by Gasteiger charge is 2.10. The fourth-order valence-electron chi connectivity index (χ4n) is 1.75. The molecule has 1 aromatic carbocycles. The molecule has 8 nitrogen and oxygen atoms in total. The Morgan fingerprint density at radius 1 is 1.26 bits per heavy atom. The van der Waals surface area contributed by atoms with E-state index in [1.54, 1.807) is 0 Å². The molecule has 0 bridgehead atoms. The molecular formula is C15H19N5O3. The van der Waals surface area contributed by atoms with Crippen molar-refractivity contribution in [2.45, 2.75) is 26.3 Å². The number of carbonyl (C=O) groups excluding carboxylic acids is 2. The zero-order chi connectivity index (χ0) is 16.5. The minimum Gasteiger partial charge on any atom is -0.464 e. The zero-order valence-electron chi connectivity index (χ0n) is 12.9. The average Bonchev–Trinajstić information content (AvgIpc) is 3.02. The first-order valence-corrected chi connectivity index (χ1v) is 7.44. The van der Waals surface area contributed by atoms with Crippen molar-refractivity contribution in [3.8, 4) is 11.4 Å². The summed E-state index contributed by atoms with van der Waals surface area (Å²) in [6.07, 6.45) is 1.76. The van der Waals surface area contributed by atoms with E-state index in [9.17, 15) is 9.59 Å². The molecule has 0 aliphatic rings. The molecule has 0 aliphatic carbocycles. The van der Waals surface area contributed by atoms with Gasteiger partial charge in [0, 0.05) is 5.56 Å². The van der Waals surface area contributed by atoms with Gasteiger partial charge in [-0.1, -0.05) is 43.7 Å². The van der Waals surface area contributed by atoms with Gasteiger partial charge in [-0.2, -0.15) is 4.80 Å². The molecule has 0 fully saturated rings. The van der Waals surface area contributed by atoms with Gasteiger partial charge in [0.1, 0.15) is 13.1 Å². The molecule has 2 rings (SSSR count). The molecule has 23 heavy (non-hydrogen) atoms. The number of benzene rings is 1. The van der Waals surface area contributed by atoms with Crippen molar-refractivity contribution in [3.05, 3.63) is 30.3 Å². The predicted octanol–water partition coefficient (Wildman–Crippen LogP) is 0.800. The lowest BCUT2D eigenvalue weighted by molar-refractivity contribution is -0.144. The monoisotopic (exact) mass is 317 g/mol. The second-order valence-corrected chi connectivity index (χ2v) is 4.86. The van der Waals surface area contributed by atoms with Crippen LogP contribution in [-0.2, 0) is 20.9 Å². The molecule has 122 valence electrons. The van der Waals surface area contributed by atoms with E-state index >= 15 is 0 Å². The number of unbranched alkanes of at least 4 members (excludes halogenated alkanes) is 1. The highest BCUT2D eigenvalue weighted by Crippen LogP contribution is 2.11. The summed E-state index contributed by atoms with van der Waals surface area (Å²) in [5.74, 6) is -0.393. The van der Waals surface area contributed by atoms with Gasteiger partial charge in [-0.15, -0.1) is 10.2 Å². The van der Waals surface area contributed by atoms with E-state index in [1.807, 2.05) is 37.3 Å². The Kier molecular flexibility index (Phi) is 6.22. The van der Waals surface area contributed by atoms with Gasteiger partial charge in [0.25, 0.3) is 0 Å². The van der Waals surface area contributed by atoms with Crippen LogP contribution in [0, 0.1) is 0 Å². The number of nitrogens with zero attached hydrogens (tertiary/aromatic N) is 4. The second-order valence-electron chi connectivity index (χ2n) is 4.86. The van der Waals surface area contributed by atoms with Crippen molar-refractivity contribution >= 4 is 11.9 Å². The van der Waals surface area contributed by atoms with Gasteiger partial charge >= 0.3 is 5.97 Å². The van der Waals surface area contributed by atoms with Crippen LogP contribution in [0.5, 0.6) is 0 Å². The molecule has 0 atom stereocenters. The summed E-state index contributed by atoms with van der Waals surface area (Å²) >= 11 is 0. The maximum Gasteiger partial charge on any atom is 0.325 e. The fourth-order valence-corrected chi connectivity index (χ4v) is 1.75. The molecule has 1 N–H and O–H groups in total. The Balaban J connectivity index is 1.78. The molecule has 2 aromatic rings. The standard InChI is InChI=1S/C15H19N5O3/c1-2-3-9-23-14(22)10-16-13(21)11-20-18-15(17-19-20)12-7-5-4-6-8-12/h4-8H,2-3,9-11H2,1H3,(H,16,21). The first-order valence-electron chi connectivity index (χ1n) is 7.44. The van der Waals surface area contributed by atoms with Crippen LogP contribution < -0.4 is 5.32 Å². The van der Waals surface area contributed by atoms with Crippen LogP contribution >= 0.6 is 0 Å². The molecule has 0 aliphatic heterocycles. The molecule has 1 heterocycles. The molecule has 1 amide bonds. The SMILES string of the molecule is CCCCOC(=O)CNC(=O)Cn1nnc(-c2ccccc2)n1. The van der Waals surface area contributed by atoms with Gasteiger partial charge in [-0.3, -0.25) is 9.59 Å². The number of rotatable bonds is 8. The van der Waals surface area contributed by atoms with Crippen molar-refractivity contribution < 1.29 is 14.3 Å². The normalized spacial score (nSPS) is 10.3. The molecular weight excluding hydrogens is 298 g/mol. The highest BCUT2D eigenvalue weighted by molar-refractivity contribution is 5.81. The number of esters is 1. The maximum atomic E-state index is 11.7. The average molecular weight is 317 g/mol. The van der Waals surface area contributed by atoms with Crippen LogP contribution in [-0.4, -0.2) is 45.2 Å². The van der Waals surface area contributed by atoms with Crippen LogP contribution in [0.4, 0.5) is 0 Å². The van der Waals surface area contributed by atoms with Crippen molar-refractivity contribution in [2.75, 3.05) is 13.2 Å². The minimum absolute atomic E-state index is 0.109. The van der Waals surface area contributed by atoms with Gasteiger partial charge in [0.05, 0.1) is 6.61 Å². The summed E-state index contributed by atoms with van der Waals surface area (Å²) in [7, 11) is 0. The molecule has 0 radical (unpaired) electrons. The predicted molar refractivity (Wildman–Crippen MR) is 82.1 cm³/mol. The molecule has 1 aromatic heterocycles. The third-order valence-corrected chi connectivity index (χ3v) is 2.96. The van der Waals surface area contributed by atoms with E-state index in [0.717, 1.165) is 18.4 Å². The molecule has 0 unspecified atom stereocenters. The summed E-state index contributed by atoms with van der Waals surface area (Å²) in [6, 6.07) is 9.34. The van der Waals surface area contributed by atoms with Crippen LogP contribution in [0.3, 0.4) is 0 Å². The number of nitrogens with one attached hydrogen (secondary N) is 1. The Morgan fingerprint density at radius 3 is 2.78 bits per heavy atom. The maximum absolute atomic E-state index is 11.7. The van der Waals surface area contributed by atoms with E-state index in [-0.39, 0.29) is 19.0 Å². The number of carbonyl (C=O) groups is 2. The minimum atomic E-state index is -0.455. The summed E-state index contributed by atoms with van der Waals surface area (Å²) in [5, 5.41) is 14.3. The number of tetrazole rings is 1. The zero-order valence-corrected chi connectivity index (χ0v) is 12.9. The number of ether oxygens (including phenoxy) is 1. The first kappa shape index (κ1) is 16.6. The number of hydrogen-bond acceptors (Lipinski definition) is 6. The Bertz CT molecular complexity index is 642. The molecule has 0 saturated carbocycles. The van der Waals surface area contributed by atoms with Gasteiger partial charge in [0.15, 0.2) is 0 Å². The van der Waals surface area contributed by atoms with Gasteiger partial charge < -0.3 is 10.1 Å². The summed E-state index contributed by atoms with van der Waals surface area (Å²) in [6.45, 7) is 2.10.